The Morgan fingerprint density at radius 3 is 2.46 bits per heavy atom. The molecule has 3 aromatic carbocycles. The summed E-state index contributed by atoms with van der Waals surface area (Å²) in [5.41, 5.74) is 4.83. The standard InChI is InChI=1S/C28H23N3O2S2/c32-25(29-23-14-8-7-13-21(23)15-19-9-3-1-4-10-19)18-34-17-24-30-27(33)26-22(16-35-28(26)31-24)20-11-5-2-6-12-20/h1-14,16H,15,17-18H2,(H,29,32)(H,30,31,33). The normalized spacial score (nSPS) is 11.0. The van der Waals surface area contributed by atoms with Gasteiger partial charge in [-0.2, -0.15) is 0 Å². The zero-order valence-electron chi connectivity index (χ0n) is 18.9. The highest BCUT2D eigenvalue weighted by Crippen LogP contribution is 2.30. The van der Waals surface area contributed by atoms with Gasteiger partial charge in [0, 0.05) is 16.6 Å². The molecule has 2 heterocycles. The van der Waals surface area contributed by atoms with E-state index < -0.39 is 0 Å². The largest absolute Gasteiger partial charge is 0.325 e. The Hall–Kier alpha value is -3.68. The van der Waals surface area contributed by atoms with Crippen molar-refractivity contribution in [2.75, 3.05) is 11.1 Å². The number of nitrogens with zero attached hydrogens (tertiary/aromatic N) is 1. The van der Waals surface area contributed by atoms with Gasteiger partial charge in [-0.15, -0.1) is 23.1 Å². The molecule has 5 nitrogen and oxygen atoms in total. The number of hydrogen-bond donors (Lipinski definition) is 2. The van der Waals surface area contributed by atoms with Gasteiger partial charge in [-0.25, -0.2) is 4.98 Å². The van der Waals surface area contributed by atoms with Gasteiger partial charge in [0.15, 0.2) is 0 Å². The van der Waals surface area contributed by atoms with E-state index in [1.165, 1.54) is 28.7 Å². The first kappa shape index (κ1) is 23.1. The number of thiophene rings is 1. The number of carbonyl (C=O) groups excluding carboxylic acids is 1. The number of carbonyl (C=O) groups is 1. The van der Waals surface area contributed by atoms with E-state index in [2.05, 4.69) is 27.4 Å². The molecule has 0 radical (unpaired) electrons. The number of nitrogens with one attached hydrogen (secondary N) is 2. The molecule has 1 amide bonds. The highest BCUT2D eigenvalue weighted by molar-refractivity contribution is 7.99. The molecule has 2 N–H and O–H groups in total. The molecular weight excluding hydrogens is 474 g/mol. The van der Waals surface area contributed by atoms with E-state index in [1.807, 2.05) is 78.2 Å². The maximum atomic E-state index is 12.8. The summed E-state index contributed by atoms with van der Waals surface area (Å²) in [7, 11) is 0. The monoisotopic (exact) mass is 497 g/mol. The Morgan fingerprint density at radius 2 is 1.66 bits per heavy atom. The lowest BCUT2D eigenvalue weighted by atomic mass is 10.0. The van der Waals surface area contributed by atoms with E-state index in [1.54, 1.807) is 0 Å². The number of rotatable bonds is 8. The van der Waals surface area contributed by atoms with Crippen molar-refractivity contribution < 1.29 is 4.79 Å². The second-order valence-electron chi connectivity index (χ2n) is 8.07. The summed E-state index contributed by atoms with van der Waals surface area (Å²) in [6, 6.07) is 27.9. The fourth-order valence-corrected chi connectivity index (χ4v) is 5.59. The Labute approximate surface area is 211 Å². The average Bonchev–Trinajstić information content (AvgIpc) is 3.31. The highest BCUT2D eigenvalue weighted by Gasteiger charge is 2.13. The van der Waals surface area contributed by atoms with Gasteiger partial charge in [-0.1, -0.05) is 78.9 Å². The number of hydrogen-bond acceptors (Lipinski definition) is 5. The summed E-state index contributed by atoms with van der Waals surface area (Å²) >= 11 is 2.89. The van der Waals surface area contributed by atoms with E-state index in [-0.39, 0.29) is 17.2 Å². The van der Waals surface area contributed by atoms with Crippen molar-refractivity contribution in [3.8, 4) is 11.1 Å². The summed E-state index contributed by atoms with van der Waals surface area (Å²) in [5.74, 6) is 1.21. The van der Waals surface area contributed by atoms with Gasteiger partial charge in [-0.3, -0.25) is 9.59 Å². The van der Waals surface area contributed by atoms with Crippen LogP contribution in [0.1, 0.15) is 17.0 Å². The van der Waals surface area contributed by atoms with Crippen molar-refractivity contribution in [2.24, 2.45) is 0 Å². The minimum atomic E-state index is -0.148. The van der Waals surface area contributed by atoms with E-state index in [9.17, 15) is 9.59 Å². The molecule has 5 aromatic rings. The van der Waals surface area contributed by atoms with Gasteiger partial charge in [0.25, 0.3) is 5.56 Å². The van der Waals surface area contributed by atoms with Crippen LogP contribution in [0.5, 0.6) is 0 Å². The zero-order valence-corrected chi connectivity index (χ0v) is 20.5. The molecule has 35 heavy (non-hydrogen) atoms. The highest BCUT2D eigenvalue weighted by atomic mass is 32.2. The molecule has 0 aliphatic heterocycles. The maximum absolute atomic E-state index is 12.8. The summed E-state index contributed by atoms with van der Waals surface area (Å²) in [6.07, 6.45) is 0.751. The van der Waals surface area contributed by atoms with Crippen molar-refractivity contribution in [3.63, 3.8) is 0 Å². The van der Waals surface area contributed by atoms with Gasteiger partial charge in [0.2, 0.25) is 5.91 Å². The summed E-state index contributed by atoms with van der Waals surface area (Å²) in [5, 5.41) is 5.61. The van der Waals surface area contributed by atoms with Crippen molar-refractivity contribution >= 4 is 44.9 Å². The third-order valence-corrected chi connectivity index (χ3v) is 7.39. The number of anilines is 1. The lowest BCUT2D eigenvalue weighted by molar-refractivity contribution is -0.113. The Kier molecular flexibility index (Phi) is 7.07. The fraction of sp³-hybridized carbons (Fsp3) is 0.107. The molecule has 0 bridgehead atoms. The SMILES string of the molecule is O=C(CSCc1nc2scc(-c3ccccc3)c2c(=O)[nH]1)Nc1ccccc1Cc1ccccc1. The van der Waals surface area contributed by atoms with Gasteiger partial charge in [-0.05, 0) is 29.2 Å². The average molecular weight is 498 g/mol. The van der Waals surface area contributed by atoms with Crippen molar-refractivity contribution in [1.29, 1.82) is 0 Å². The molecule has 0 saturated heterocycles. The van der Waals surface area contributed by atoms with Crippen LogP contribution in [0.3, 0.4) is 0 Å². The number of aromatic amines is 1. The predicted molar refractivity (Wildman–Crippen MR) is 146 cm³/mol. The molecule has 7 heteroatoms. The van der Waals surface area contributed by atoms with Gasteiger partial charge >= 0.3 is 0 Å². The van der Waals surface area contributed by atoms with Crippen molar-refractivity contribution in [3.05, 3.63) is 118 Å². The number of amides is 1. The van der Waals surface area contributed by atoms with Gasteiger partial charge < -0.3 is 10.3 Å². The van der Waals surface area contributed by atoms with Crippen LogP contribution in [-0.4, -0.2) is 21.6 Å². The quantitative estimate of drug-likeness (QED) is 0.271. The fourth-order valence-electron chi connectivity index (χ4n) is 3.93. The zero-order chi connectivity index (χ0) is 24.0. The molecule has 0 atom stereocenters. The summed E-state index contributed by atoms with van der Waals surface area (Å²) in [4.78, 5) is 33.7. The van der Waals surface area contributed by atoms with Crippen LogP contribution in [0.15, 0.2) is 95.1 Å². The Balaban J connectivity index is 1.22. The number of fused-ring (bicyclic) bond motifs is 1. The van der Waals surface area contributed by atoms with E-state index >= 15 is 0 Å². The van der Waals surface area contributed by atoms with Crippen LogP contribution in [0.2, 0.25) is 0 Å². The number of H-pyrrole nitrogens is 1. The van der Waals surface area contributed by atoms with Crippen LogP contribution < -0.4 is 10.9 Å². The third kappa shape index (κ3) is 5.53. The first-order valence-electron chi connectivity index (χ1n) is 11.2. The Bertz CT molecular complexity index is 1510. The van der Waals surface area contributed by atoms with Crippen LogP contribution in [0, 0.1) is 0 Å². The first-order chi connectivity index (χ1) is 17.2. The minimum absolute atomic E-state index is 0.0820. The predicted octanol–water partition coefficient (Wildman–Crippen LogP) is 6.11. The Morgan fingerprint density at radius 1 is 0.943 bits per heavy atom. The minimum Gasteiger partial charge on any atom is -0.325 e. The number of para-hydroxylation sites is 1. The van der Waals surface area contributed by atoms with Crippen LogP contribution in [-0.2, 0) is 17.0 Å². The number of benzene rings is 3. The molecular formula is C28H23N3O2S2. The maximum Gasteiger partial charge on any atom is 0.260 e. The molecule has 2 aromatic heterocycles. The first-order valence-corrected chi connectivity index (χ1v) is 13.3. The molecule has 0 aliphatic carbocycles. The lowest BCUT2D eigenvalue weighted by Gasteiger charge is -2.11. The molecule has 0 fully saturated rings. The lowest BCUT2D eigenvalue weighted by Crippen LogP contribution is -2.16. The molecule has 0 aliphatic rings. The molecule has 0 spiro atoms. The third-order valence-electron chi connectivity index (χ3n) is 5.58. The summed E-state index contributed by atoms with van der Waals surface area (Å²) in [6.45, 7) is 0. The molecule has 0 saturated carbocycles. The smallest absolute Gasteiger partial charge is 0.260 e. The van der Waals surface area contributed by atoms with E-state index in [0.717, 1.165) is 28.8 Å². The second kappa shape index (κ2) is 10.7. The van der Waals surface area contributed by atoms with Crippen molar-refractivity contribution in [1.82, 2.24) is 9.97 Å². The van der Waals surface area contributed by atoms with Crippen molar-refractivity contribution in [2.45, 2.75) is 12.2 Å². The number of thioether (sulfide) groups is 1. The topological polar surface area (TPSA) is 74.8 Å². The van der Waals surface area contributed by atoms with Crippen LogP contribution in [0.4, 0.5) is 5.69 Å². The van der Waals surface area contributed by atoms with E-state index in [4.69, 9.17) is 0 Å². The van der Waals surface area contributed by atoms with Crippen LogP contribution in [0.25, 0.3) is 21.3 Å². The second-order valence-corrected chi connectivity index (χ2v) is 9.91. The number of aromatic nitrogens is 2. The molecule has 0 unspecified atom stereocenters. The van der Waals surface area contributed by atoms with Crippen LogP contribution >= 0.6 is 23.1 Å². The molecule has 5 rings (SSSR count). The molecule has 174 valence electrons. The van der Waals surface area contributed by atoms with Gasteiger partial charge in [0.05, 0.1) is 16.9 Å². The van der Waals surface area contributed by atoms with Gasteiger partial charge in [0.1, 0.15) is 10.7 Å². The van der Waals surface area contributed by atoms with E-state index in [0.29, 0.717) is 21.8 Å². The summed E-state index contributed by atoms with van der Waals surface area (Å²) < 4.78 is 0.